The maximum absolute atomic E-state index is 10.8. The molecule has 70 valence electrons. The molecule has 1 atom stereocenters. The molecule has 12 heavy (non-hydrogen) atoms. The number of carbonyl (C=O) groups is 1. The summed E-state index contributed by atoms with van der Waals surface area (Å²) < 4.78 is 5.29. The molecule has 4 nitrogen and oxygen atoms in total. The van der Waals surface area contributed by atoms with Crippen LogP contribution < -0.4 is 11.3 Å². The molecule has 1 heterocycles. The molecule has 1 fully saturated rings. The van der Waals surface area contributed by atoms with Gasteiger partial charge in [0.15, 0.2) is 0 Å². The summed E-state index contributed by atoms with van der Waals surface area (Å²) in [5, 5.41) is 0. The van der Waals surface area contributed by atoms with Crippen LogP contribution in [0.3, 0.4) is 0 Å². The molecular formula is C8H16N2O2. The molecule has 0 aromatic heterocycles. The van der Waals surface area contributed by atoms with E-state index < -0.39 is 0 Å². The molecule has 1 aliphatic heterocycles. The van der Waals surface area contributed by atoms with Crippen molar-refractivity contribution in [3.05, 3.63) is 0 Å². The molecule has 1 rings (SSSR count). The van der Waals surface area contributed by atoms with Gasteiger partial charge in [-0.3, -0.25) is 10.2 Å². The van der Waals surface area contributed by atoms with E-state index in [1.54, 1.807) is 0 Å². The van der Waals surface area contributed by atoms with Crippen molar-refractivity contribution in [2.45, 2.75) is 25.7 Å². The normalized spacial score (nSPS) is 23.6. The topological polar surface area (TPSA) is 64.3 Å². The Kier molecular flexibility index (Phi) is 4.04. The van der Waals surface area contributed by atoms with E-state index in [1.807, 2.05) is 0 Å². The predicted molar refractivity (Wildman–Crippen MR) is 45.1 cm³/mol. The van der Waals surface area contributed by atoms with Gasteiger partial charge in [-0.15, -0.1) is 0 Å². The van der Waals surface area contributed by atoms with Gasteiger partial charge in [0.1, 0.15) is 0 Å². The van der Waals surface area contributed by atoms with Crippen LogP contribution >= 0.6 is 0 Å². The fraction of sp³-hybridized carbons (Fsp3) is 0.875. The third kappa shape index (κ3) is 3.19. The van der Waals surface area contributed by atoms with Crippen molar-refractivity contribution in [2.24, 2.45) is 11.8 Å². The fourth-order valence-electron chi connectivity index (χ4n) is 1.44. The molecule has 0 radical (unpaired) electrons. The highest BCUT2D eigenvalue weighted by Crippen LogP contribution is 2.18. The molecule has 0 bridgehead atoms. The minimum absolute atomic E-state index is 0.0828. The van der Waals surface area contributed by atoms with Gasteiger partial charge in [0.2, 0.25) is 5.91 Å². The number of carbonyl (C=O) groups excluding carboxylic acids is 1. The molecule has 0 unspecified atom stereocenters. The van der Waals surface area contributed by atoms with Crippen LogP contribution in [-0.2, 0) is 9.53 Å². The summed E-state index contributed by atoms with van der Waals surface area (Å²) in [5.41, 5.74) is 2.12. The highest BCUT2D eigenvalue weighted by molar-refractivity contribution is 5.75. The van der Waals surface area contributed by atoms with E-state index >= 15 is 0 Å². The fourth-order valence-corrected chi connectivity index (χ4v) is 1.44. The first kappa shape index (κ1) is 9.48. The highest BCUT2D eigenvalue weighted by Gasteiger charge is 2.14. The minimum atomic E-state index is -0.0828. The average Bonchev–Trinajstić information content (AvgIpc) is 2.16. The Balaban J connectivity index is 2.09. The van der Waals surface area contributed by atoms with Crippen LogP contribution in [0.15, 0.2) is 0 Å². The van der Waals surface area contributed by atoms with Gasteiger partial charge < -0.3 is 4.74 Å². The lowest BCUT2D eigenvalue weighted by Gasteiger charge is -2.21. The third-order valence-electron chi connectivity index (χ3n) is 2.20. The first-order valence-electron chi connectivity index (χ1n) is 4.40. The zero-order valence-corrected chi connectivity index (χ0v) is 7.21. The lowest BCUT2D eigenvalue weighted by molar-refractivity contribution is -0.121. The molecule has 1 amide bonds. The summed E-state index contributed by atoms with van der Waals surface area (Å²) in [4.78, 5) is 10.8. The summed E-state index contributed by atoms with van der Waals surface area (Å²) >= 11 is 0. The number of nitrogens with two attached hydrogens (primary N) is 1. The standard InChI is InChI=1S/C8H16N2O2/c9-10-8(11)4-3-7-2-1-5-12-6-7/h7H,1-6,9H2,(H,10,11)/t7-/m0/s1. The third-order valence-corrected chi connectivity index (χ3v) is 2.20. The van der Waals surface area contributed by atoms with Crippen molar-refractivity contribution in [3.63, 3.8) is 0 Å². The monoisotopic (exact) mass is 172 g/mol. The maximum Gasteiger partial charge on any atom is 0.233 e. The van der Waals surface area contributed by atoms with Crippen LogP contribution in [0.4, 0.5) is 0 Å². The Morgan fingerprint density at radius 1 is 1.67 bits per heavy atom. The van der Waals surface area contributed by atoms with Crippen LogP contribution in [0.25, 0.3) is 0 Å². The van der Waals surface area contributed by atoms with Gasteiger partial charge in [0.25, 0.3) is 0 Å². The minimum Gasteiger partial charge on any atom is -0.381 e. The maximum atomic E-state index is 10.8. The molecule has 0 aliphatic carbocycles. The molecule has 1 aliphatic rings. The van der Waals surface area contributed by atoms with E-state index in [0.717, 1.165) is 26.1 Å². The quantitative estimate of drug-likeness (QED) is 0.362. The molecular weight excluding hydrogens is 156 g/mol. The summed E-state index contributed by atoms with van der Waals surface area (Å²) in [6.07, 6.45) is 3.71. The average molecular weight is 172 g/mol. The Bertz CT molecular complexity index is 144. The van der Waals surface area contributed by atoms with E-state index in [9.17, 15) is 4.79 Å². The number of ether oxygens (including phenoxy) is 1. The first-order valence-corrected chi connectivity index (χ1v) is 4.40. The highest BCUT2D eigenvalue weighted by atomic mass is 16.5. The Hall–Kier alpha value is -0.610. The lowest BCUT2D eigenvalue weighted by atomic mass is 9.97. The molecule has 0 spiro atoms. The Morgan fingerprint density at radius 3 is 3.08 bits per heavy atom. The number of rotatable bonds is 3. The largest absolute Gasteiger partial charge is 0.381 e. The second kappa shape index (κ2) is 5.11. The Labute approximate surface area is 72.4 Å². The first-order chi connectivity index (χ1) is 5.83. The second-order valence-electron chi connectivity index (χ2n) is 3.19. The summed E-state index contributed by atoms with van der Waals surface area (Å²) in [5.74, 6) is 5.43. The molecule has 4 heteroatoms. The van der Waals surface area contributed by atoms with Gasteiger partial charge in [-0.25, -0.2) is 5.84 Å². The Morgan fingerprint density at radius 2 is 2.50 bits per heavy atom. The smallest absolute Gasteiger partial charge is 0.233 e. The van der Waals surface area contributed by atoms with Crippen LogP contribution in [0.2, 0.25) is 0 Å². The summed E-state index contributed by atoms with van der Waals surface area (Å²) in [6, 6.07) is 0. The number of hydrogen-bond donors (Lipinski definition) is 2. The van der Waals surface area contributed by atoms with E-state index in [-0.39, 0.29) is 5.91 Å². The van der Waals surface area contributed by atoms with Crippen LogP contribution in [-0.4, -0.2) is 19.1 Å². The number of nitrogens with one attached hydrogen (secondary N) is 1. The van der Waals surface area contributed by atoms with Crippen LogP contribution in [0.5, 0.6) is 0 Å². The number of hydrogen-bond acceptors (Lipinski definition) is 3. The van der Waals surface area contributed by atoms with Gasteiger partial charge in [0, 0.05) is 19.6 Å². The predicted octanol–water partition coefficient (Wildman–Crippen LogP) is 0.183. The molecule has 3 N–H and O–H groups in total. The molecule has 0 saturated carbocycles. The van der Waals surface area contributed by atoms with Gasteiger partial charge in [-0.1, -0.05) is 0 Å². The molecule has 1 saturated heterocycles. The van der Waals surface area contributed by atoms with Gasteiger partial charge in [-0.05, 0) is 25.2 Å². The van der Waals surface area contributed by atoms with Crippen molar-refractivity contribution in [3.8, 4) is 0 Å². The van der Waals surface area contributed by atoms with Crippen molar-refractivity contribution in [1.29, 1.82) is 0 Å². The van der Waals surface area contributed by atoms with E-state index in [0.29, 0.717) is 12.3 Å². The van der Waals surface area contributed by atoms with Crippen molar-refractivity contribution in [1.82, 2.24) is 5.43 Å². The van der Waals surface area contributed by atoms with E-state index in [1.165, 1.54) is 6.42 Å². The van der Waals surface area contributed by atoms with Gasteiger partial charge >= 0.3 is 0 Å². The molecule has 0 aromatic rings. The lowest BCUT2D eigenvalue weighted by Crippen LogP contribution is -2.30. The van der Waals surface area contributed by atoms with Crippen LogP contribution in [0.1, 0.15) is 25.7 Å². The van der Waals surface area contributed by atoms with E-state index in [2.05, 4.69) is 5.43 Å². The summed E-state index contributed by atoms with van der Waals surface area (Å²) in [6.45, 7) is 1.68. The van der Waals surface area contributed by atoms with Crippen molar-refractivity contribution < 1.29 is 9.53 Å². The van der Waals surface area contributed by atoms with Crippen LogP contribution in [0, 0.1) is 5.92 Å². The number of amides is 1. The van der Waals surface area contributed by atoms with Crippen molar-refractivity contribution >= 4 is 5.91 Å². The molecule has 0 aromatic carbocycles. The van der Waals surface area contributed by atoms with Gasteiger partial charge in [-0.2, -0.15) is 0 Å². The van der Waals surface area contributed by atoms with Crippen molar-refractivity contribution in [2.75, 3.05) is 13.2 Å². The second-order valence-corrected chi connectivity index (χ2v) is 3.19. The SMILES string of the molecule is NNC(=O)CC[C@@H]1CCCOC1. The van der Waals surface area contributed by atoms with E-state index in [4.69, 9.17) is 10.6 Å². The summed E-state index contributed by atoms with van der Waals surface area (Å²) in [7, 11) is 0. The number of hydrazine groups is 1. The zero-order valence-electron chi connectivity index (χ0n) is 7.21. The zero-order chi connectivity index (χ0) is 8.81. The van der Waals surface area contributed by atoms with Gasteiger partial charge in [0.05, 0.1) is 0 Å².